The second kappa shape index (κ2) is 6.22. The Morgan fingerprint density at radius 1 is 1.33 bits per heavy atom. The van der Waals surface area contributed by atoms with Crippen LogP contribution in [0.2, 0.25) is 0 Å². The summed E-state index contributed by atoms with van der Waals surface area (Å²) in [4.78, 5) is 11.8. The van der Waals surface area contributed by atoms with Gasteiger partial charge in [0, 0.05) is 24.0 Å². The summed E-state index contributed by atoms with van der Waals surface area (Å²) in [5, 5.41) is 12.1. The van der Waals surface area contributed by atoms with Gasteiger partial charge in [-0.05, 0) is 56.1 Å². The Hall–Kier alpha value is -1.04. The van der Waals surface area contributed by atoms with Gasteiger partial charge in [0.1, 0.15) is 0 Å². The number of nitrogens with one attached hydrogen (secondary N) is 1. The van der Waals surface area contributed by atoms with Crippen LogP contribution in [0.15, 0.2) is 29.2 Å². The van der Waals surface area contributed by atoms with Crippen molar-refractivity contribution in [1.82, 2.24) is 9.62 Å². The molecule has 0 atom stereocenters. The minimum absolute atomic E-state index is 0.341. The highest BCUT2D eigenvalue weighted by atomic mass is 32.2. The fraction of sp³-hybridized carbons (Fsp3) is 0.462. The molecule has 0 spiro atoms. The van der Waals surface area contributed by atoms with Gasteiger partial charge >= 0.3 is 5.97 Å². The Morgan fingerprint density at radius 3 is 2.44 bits per heavy atom. The largest absolute Gasteiger partial charge is 0.478 e. The monoisotopic (exact) mass is 266 g/mol. The first-order valence-electron chi connectivity index (χ1n) is 6.12. The zero-order valence-electron chi connectivity index (χ0n) is 10.4. The summed E-state index contributed by atoms with van der Waals surface area (Å²) >= 11 is 1.71. The molecule has 1 saturated heterocycles. The fourth-order valence-corrected chi connectivity index (χ4v) is 2.99. The maximum atomic E-state index is 10.7. The van der Waals surface area contributed by atoms with Crippen LogP contribution in [-0.4, -0.2) is 41.6 Å². The number of carboxylic acid groups (broad SMARTS) is 1. The third-order valence-electron chi connectivity index (χ3n) is 3.20. The van der Waals surface area contributed by atoms with Gasteiger partial charge in [0.15, 0.2) is 0 Å². The summed E-state index contributed by atoms with van der Waals surface area (Å²) in [6.07, 6.45) is 2.33. The van der Waals surface area contributed by atoms with E-state index in [0.717, 1.165) is 30.8 Å². The van der Waals surface area contributed by atoms with Crippen molar-refractivity contribution in [1.29, 1.82) is 0 Å². The lowest BCUT2D eigenvalue weighted by Gasteiger charge is -2.30. The third-order valence-corrected chi connectivity index (χ3v) is 4.30. The van der Waals surface area contributed by atoms with Crippen LogP contribution >= 0.6 is 11.9 Å². The quantitative estimate of drug-likeness (QED) is 0.817. The molecular weight excluding hydrogens is 248 g/mol. The van der Waals surface area contributed by atoms with Gasteiger partial charge in [-0.15, -0.1) is 0 Å². The number of carbonyl (C=O) groups is 1. The zero-order valence-corrected chi connectivity index (χ0v) is 11.2. The predicted molar refractivity (Wildman–Crippen MR) is 72.9 cm³/mol. The highest BCUT2D eigenvalue weighted by Crippen LogP contribution is 2.26. The maximum Gasteiger partial charge on any atom is 0.335 e. The van der Waals surface area contributed by atoms with E-state index in [9.17, 15) is 4.79 Å². The lowest BCUT2D eigenvalue weighted by molar-refractivity contribution is 0.0697. The maximum absolute atomic E-state index is 10.7. The molecule has 1 aliphatic rings. The Kier molecular flexibility index (Phi) is 4.63. The number of rotatable bonds is 4. The van der Waals surface area contributed by atoms with Crippen LogP contribution in [0.25, 0.3) is 0 Å². The first-order chi connectivity index (χ1) is 8.69. The van der Waals surface area contributed by atoms with Gasteiger partial charge in [-0.25, -0.2) is 9.10 Å². The summed E-state index contributed by atoms with van der Waals surface area (Å²) in [6, 6.07) is 7.70. The van der Waals surface area contributed by atoms with E-state index in [2.05, 4.69) is 9.62 Å². The Labute approximate surface area is 112 Å². The van der Waals surface area contributed by atoms with E-state index in [1.165, 1.54) is 0 Å². The van der Waals surface area contributed by atoms with E-state index in [1.807, 2.05) is 19.2 Å². The molecule has 1 heterocycles. The Balaban J connectivity index is 1.88. The Morgan fingerprint density at radius 2 is 1.94 bits per heavy atom. The fourth-order valence-electron chi connectivity index (χ4n) is 2.04. The molecule has 1 aliphatic heterocycles. The molecule has 98 valence electrons. The van der Waals surface area contributed by atoms with E-state index in [-0.39, 0.29) is 0 Å². The molecule has 4 nitrogen and oxygen atoms in total. The summed E-state index contributed by atoms with van der Waals surface area (Å²) in [6.45, 7) is 2.13. The van der Waals surface area contributed by atoms with Crippen LogP contribution in [0.3, 0.4) is 0 Å². The number of benzene rings is 1. The molecule has 2 N–H and O–H groups in total. The van der Waals surface area contributed by atoms with Gasteiger partial charge in [-0.1, -0.05) is 0 Å². The van der Waals surface area contributed by atoms with Crippen molar-refractivity contribution in [2.75, 3.05) is 20.1 Å². The lowest BCUT2D eigenvalue weighted by Crippen LogP contribution is -2.38. The molecule has 0 bridgehead atoms. The third kappa shape index (κ3) is 3.48. The smallest absolute Gasteiger partial charge is 0.335 e. The molecule has 0 aromatic heterocycles. The molecule has 1 fully saturated rings. The number of nitrogens with zero attached hydrogens (tertiary/aromatic N) is 1. The standard InChI is InChI=1S/C13H18N2O2S/c1-14-11-6-8-15(9-7-11)18-12-4-2-10(3-5-12)13(16)17/h2-5,11,14H,6-9H2,1H3,(H,16,17). The lowest BCUT2D eigenvalue weighted by atomic mass is 10.1. The van der Waals surface area contributed by atoms with E-state index in [0.29, 0.717) is 11.6 Å². The van der Waals surface area contributed by atoms with Crippen molar-refractivity contribution in [3.63, 3.8) is 0 Å². The number of aromatic carboxylic acids is 1. The molecule has 5 heteroatoms. The first kappa shape index (κ1) is 13.4. The van der Waals surface area contributed by atoms with Gasteiger partial charge < -0.3 is 10.4 Å². The highest BCUT2D eigenvalue weighted by molar-refractivity contribution is 7.97. The SMILES string of the molecule is CNC1CCN(Sc2ccc(C(=O)O)cc2)CC1. The first-order valence-corrected chi connectivity index (χ1v) is 6.90. The predicted octanol–water partition coefficient (Wildman–Crippen LogP) is 2.08. The van der Waals surface area contributed by atoms with E-state index >= 15 is 0 Å². The van der Waals surface area contributed by atoms with Crippen LogP contribution in [0.4, 0.5) is 0 Å². The van der Waals surface area contributed by atoms with Gasteiger partial charge in [0.05, 0.1) is 5.56 Å². The number of hydrogen-bond acceptors (Lipinski definition) is 4. The summed E-state index contributed by atoms with van der Waals surface area (Å²) in [5.41, 5.74) is 0.341. The molecule has 2 rings (SSSR count). The topological polar surface area (TPSA) is 52.6 Å². The molecule has 1 aromatic carbocycles. The van der Waals surface area contributed by atoms with E-state index in [4.69, 9.17) is 5.11 Å². The molecule has 0 amide bonds. The summed E-state index contributed by atoms with van der Waals surface area (Å²) in [7, 11) is 2.01. The van der Waals surface area contributed by atoms with Gasteiger partial charge in [-0.2, -0.15) is 0 Å². The highest BCUT2D eigenvalue weighted by Gasteiger charge is 2.18. The second-order valence-corrected chi connectivity index (χ2v) is 5.58. The van der Waals surface area contributed by atoms with Crippen LogP contribution < -0.4 is 5.32 Å². The molecular formula is C13H18N2O2S. The number of carboxylic acids is 1. The summed E-state index contributed by atoms with van der Waals surface area (Å²) in [5.74, 6) is -0.874. The molecule has 0 unspecified atom stereocenters. The molecule has 0 radical (unpaired) electrons. The molecule has 18 heavy (non-hydrogen) atoms. The van der Waals surface area contributed by atoms with Crippen molar-refractivity contribution >= 4 is 17.9 Å². The van der Waals surface area contributed by atoms with E-state index < -0.39 is 5.97 Å². The average Bonchev–Trinajstić information content (AvgIpc) is 2.40. The average molecular weight is 266 g/mol. The normalized spacial score (nSPS) is 17.8. The van der Waals surface area contributed by atoms with E-state index in [1.54, 1.807) is 24.1 Å². The van der Waals surface area contributed by atoms with Crippen molar-refractivity contribution < 1.29 is 9.90 Å². The zero-order chi connectivity index (χ0) is 13.0. The number of piperidine rings is 1. The Bertz CT molecular complexity index is 400. The van der Waals surface area contributed by atoms with Crippen molar-refractivity contribution in [2.45, 2.75) is 23.8 Å². The molecule has 1 aromatic rings. The van der Waals surface area contributed by atoms with Crippen LogP contribution in [0, 0.1) is 0 Å². The van der Waals surface area contributed by atoms with Crippen LogP contribution in [-0.2, 0) is 0 Å². The molecule has 0 saturated carbocycles. The van der Waals surface area contributed by atoms with Gasteiger partial charge in [0.2, 0.25) is 0 Å². The van der Waals surface area contributed by atoms with Crippen molar-refractivity contribution in [3.8, 4) is 0 Å². The van der Waals surface area contributed by atoms with Crippen molar-refractivity contribution in [3.05, 3.63) is 29.8 Å². The van der Waals surface area contributed by atoms with Gasteiger partial charge in [-0.3, -0.25) is 0 Å². The minimum Gasteiger partial charge on any atom is -0.478 e. The van der Waals surface area contributed by atoms with Crippen molar-refractivity contribution in [2.24, 2.45) is 0 Å². The second-order valence-electron chi connectivity index (χ2n) is 4.41. The number of hydrogen-bond donors (Lipinski definition) is 2. The van der Waals surface area contributed by atoms with Gasteiger partial charge in [0.25, 0.3) is 0 Å². The van der Waals surface area contributed by atoms with Crippen LogP contribution in [0.1, 0.15) is 23.2 Å². The summed E-state index contributed by atoms with van der Waals surface area (Å²) < 4.78 is 2.34. The molecule has 0 aliphatic carbocycles. The van der Waals surface area contributed by atoms with Crippen LogP contribution in [0.5, 0.6) is 0 Å². The minimum atomic E-state index is -0.874.